The van der Waals surface area contributed by atoms with Crippen molar-refractivity contribution in [3.8, 4) is 0 Å². The van der Waals surface area contributed by atoms with Crippen LogP contribution < -0.4 is 0 Å². The summed E-state index contributed by atoms with van der Waals surface area (Å²) >= 11 is 0. The summed E-state index contributed by atoms with van der Waals surface area (Å²) in [6.45, 7) is 0.806. The van der Waals surface area contributed by atoms with Crippen molar-refractivity contribution in [2.24, 2.45) is 17.0 Å². The third-order valence-corrected chi connectivity index (χ3v) is 6.17. The van der Waals surface area contributed by atoms with Gasteiger partial charge in [0.15, 0.2) is 0 Å². The maximum absolute atomic E-state index is 12.0. The van der Waals surface area contributed by atoms with E-state index in [2.05, 4.69) is 27.8 Å². The minimum Gasteiger partial charge on any atom is -0.458 e. The second-order valence-electron chi connectivity index (χ2n) is 8.95. The van der Waals surface area contributed by atoms with Crippen LogP contribution in [0, 0.1) is 32.1 Å². The van der Waals surface area contributed by atoms with Crippen LogP contribution in [0.4, 0.5) is 0 Å². The van der Waals surface area contributed by atoms with Crippen molar-refractivity contribution in [2.75, 3.05) is 13.2 Å². The summed E-state index contributed by atoms with van der Waals surface area (Å²) in [5.74, 6) is -0.290. The summed E-state index contributed by atoms with van der Waals surface area (Å²) in [5, 5.41) is 41.4. The van der Waals surface area contributed by atoms with E-state index in [0.717, 1.165) is 69.9 Å². The Labute approximate surface area is 210 Å². The van der Waals surface area contributed by atoms with Crippen LogP contribution in [0.2, 0.25) is 0 Å². The second kappa shape index (κ2) is 18.3. The minimum absolute atomic E-state index is 0.0570. The standard InChI is InChI=1S/C23H39N3O10/c1-2-3-6-9-19(27)14-12-18-13-15-22(24-29)21(18)10-7-4-5-8-11-23(28)36-20(16-34-25(30)31)17-35-26(32)33/h12,14,18-21,27,29H,2-11,13,15-17H2,1H3/b14-12+,24-22?/t18-,19-,21+/m0/s1. The van der Waals surface area contributed by atoms with Gasteiger partial charge in [0.1, 0.15) is 19.3 Å². The zero-order valence-corrected chi connectivity index (χ0v) is 20.9. The average molecular weight is 518 g/mol. The number of carbonyl (C=O) groups is 1. The maximum atomic E-state index is 12.0. The van der Waals surface area contributed by atoms with E-state index < -0.39 is 41.6 Å². The molecule has 0 aromatic carbocycles. The van der Waals surface area contributed by atoms with E-state index >= 15 is 0 Å². The summed E-state index contributed by atoms with van der Waals surface area (Å²) in [6.07, 6.45) is 11.6. The number of allylic oxidation sites excluding steroid dienone is 1. The number of nitrogens with zero attached hydrogens (tertiary/aromatic N) is 3. The first kappa shape index (κ1) is 31.1. The predicted molar refractivity (Wildman–Crippen MR) is 128 cm³/mol. The Balaban J connectivity index is 2.35. The lowest BCUT2D eigenvalue weighted by Gasteiger charge is -2.17. The van der Waals surface area contributed by atoms with Crippen molar-refractivity contribution in [3.05, 3.63) is 32.4 Å². The number of unbranched alkanes of at least 4 members (excludes halogenated alkanes) is 5. The molecule has 36 heavy (non-hydrogen) atoms. The number of esters is 1. The molecule has 1 aliphatic rings. The zero-order valence-electron chi connectivity index (χ0n) is 20.9. The third-order valence-electron chi connectivity index (χ3n) is 6.17. The van der Waals surface area contributed by atoms with E-state index in [-0.39, 0.29) is 18.3 Å². The molecule has 2 N–H and O–H groups in total. The number of hydrogen-bond acceptors (Lipinski definition) is 11. The van der Waals surface area contributed by atoms with Crippen LogP contribution in [0.1, 0.15) is 84.0 Å². The summed E-state index contributed by atoms with van der Waals surface area (Å²) < 4.78 is 4.99. The Morgan fingerprint density at radius 2 is 1.78 bits per heavy atom. The molecule has 1 rings (SSSR count). The normalized spacial score (nSPS) is 19.6. The fraction of sp³-hybridized carbons (Fsp3) is 0.826. The monoisotopic (exact) mass is 517 g/mol. The lowest BCUT2D eigenvalue weighted by atomic mass is 9.89. The van der Waals surface area contributed by atoms with Crippen molar-refractivity contribution >= 4 is 11.7 Å². The molecular weight excluding hydrogens is 478 g/mol. The highest BCUT2D eigenvalue weighted by Gasteiger charge is 2.31. The van der Waals surface area contributed by atoms with Crippen LogP contribution in [-0.4, -0.2) is 57.6 Å². The highest BCUT2D eigenvalue weighted by Crippen LogP contribution is 2.35. The van der Waals surface area contributed by atoms with Crippen LogP contribution in [0.5, 0.6) is 0 Å². The fourth-order valence-electron chi connectivity index (χ4n) is 4.29. The van der Waals surface area contributed by atoms with E-state index in [9.17, 15) is 35.3 Å². The number of aliphatic hydroxyl groups is 1. The Morgan fingerprint density at radius 1 is 1.11 bits per heavy atom. The van der Waals surface area contributed by atoms with Crippen LogP contribution in [0.25, 0.3) is 0 Å². The van der Waals surface area contributed by atoms with Gasteiger partial charge >= 0.3 is 5.97 Å². The van der Waals surface area contributed by atoms with E-state index in [4.69, 9.17) is 4.74 Å². The third kappa shape index (κ3) is 13.8. The van der Waals surface area contributed by atoms with E-state index in [1.807, 2.05) is 6.08 Å². The fourth-order valence-corrected chi connectivity index (χ4v) is 4.29. The van der Waals surface area contributed by atoms with Gasteiger partial charge in [-0.15, -0.1) is 20.2 Å². The molecule has 0 saturated heterocycles. The highest BCUT2D eigenvalue weighted by atomic mass is 17.0. The first-order valence-electron chi connectivity index (χ1n) is 12.6. The highest BCUT2D eigenvalue weighted by molar-refractivity contribution is 5.88. The molecule has 206 valence electrons. The van der Waals surface area contributed by atoms with Gasteiger partial charge in [0, 0.05) is 12.3 Å². The van der Waals surface area contributed by atoms with Crippen LogP contribution >= 0.6 is 0 Å². The Bertz CT molecular complexity index is 713. The smallest absolute Gasteiger partial charge is 0.306 e. The largest absolute Gasteiger partial charge is 0.458 e. The number of aliphatic hydroxyl groups excluding tert-OH is 1. The summed E-state index contributed by atoms with van der Waals surface area (Å²) in [6, 6.07) is 0. The number of ether oxygens (including phenoxy) is 1. The average Bonchev–Trinajstić information content (AvgIpc) is 3.23. The van der Waals surface area contributed by atoms with Crippen molar-refractivity contribution in [1.29, 1.82) is 0 Å². The van der Waals surface area contributed by atoms with Crippen LogP contribution in [0.15, 0.2) is 17.3 Å². The summed E-state index contributed by atoms with van der Waals surface area (Å²) in [7, 11) is 0. The molecule has 3 atom stereocenters. The molecule has 1 fully saturated rings. The first-order valence-corrected chi connectivity index (χ1v) is 12.6. The topological polar surface area (TPSA) is 184 Å². The zero-order chi connectivity index (χ0) is 26.8. The molecule has 0 bridgehead atoms. The molecule has 0 aromatic heterocycles. The molecule has 0 spiro atoms. The van der Waals surface area contributed by atoms with Gasteiger partial charge in [-0.25, -0.2) is 0 Å². The van der Waals surface area contributed by atoms with Crippen molar-refractivity contribution in [2.45, 2.75) is 96.2 Å². The van der Waals surface area contributed by atoms with Crippen LogP contribution in [-0.2, 0) is 19.2 Å². The van der Waals surface area contributed by atoms with Crippen molar-refractivity contribution in [1.82, 2.24) is 0 Å². The first-order chi connectivity index (χ1) is 17.3. The summed E-state index contributed by atoms with van der Waals surface area (Å²) in [5.41, 5.74) is 0.786. The molecule has 0 amide bonds. The van der Waals surface area contributed by atoms with Gasteiger partial charge in [0.25, 0.3) is 10.2 Å². The maximum Gasteiger partial charge on any atom is 0.306 e. The van der Waals surface area contributed by atoms with Gasteiger partial charge in [-0.3, -0.25) is 4.79 Å². The van der Waals surface area contributed by atoms with Crippen LogP contribution in [0.3, 0.4) is 0 Å². The Hall–Kier alpha value is -2.96. The molecule has 0 aliphatic heterocycles. The van der Waals surface area contributed by atoms with Gasteiger partial charge in [0.2, 0.25) is 0 Å². The molecular formula is C23H39N3O10. The molecule has 13 heteroatoms. The van der Waals surface area contributed by atoms with E-state index in [1.165, 1.54) is 0 Å². The quantitative estimate of drug-likeness (QED) is 0.0597. The second-order valence-corrected chi connectivity index (χ2v) is 8.95. The molecule has 1 aliphatic carbocycles. The van der Waals surface area contributed by atoms with Crippen molar-refractivity contribution < 1.29 is 39.7 Å². The summed E-state index contributed by atoms with van der Waals surface area (Å²) in [4.78, 5) is 40.8. The molecule has 13 nitrogen and oxygen atoms in total. The molecule has 1 saturated carbocycles. The Morgan fingerprint density at radius 3 is 2.39 bits per heavy atom. The minimum atomic E-state index is -1.26. The molecule has 0 radical (unpaired) electrons. The molecule has 0 heterocycles. The molecule has 0 aromatic rings. The number of hydrogen-bond donors (Lipinski definition) is 2. The molecule has 0 unspecified atom stereocenters. The lowest BCUT2D eigenvalue weighted by Crippen LogP contribution is -2.30. The van der Waals surface area contributed by atoms with Crippen molar-refractivity contribution in [3.63, 3.8) is 0 Å². The van der Waals surface area contributed by atoms with E-state index in [0.29, 0.717) is 6.42 Å². The lowest BCUT2D eigenvalue weighted by molar-refractivity contribution is -0.768. The van der Waals surface area contributed by atoms with Gasteiger partial charge in [-0.1, -0.05) is 62.8 Å². The van der Waals surface area contributed by atoms with Gasteiger partial charge in [0.05, 0.1) is 11.8 Å². The van der Waals surface area contributed by atoms with Gasteiger partial charge < -0.3 is 24.7 Å². The SMILES string of the molecule is CCCCC[C@H](O)/C=C/[C@H]1CCC(=NO)[C@@H]1CCCCCCC(=O)OC(CO[N+](=O)[O-])CO[N+](=O)[O-]. The van der Waals surface area contributed by atoms with Gasteiger partial charge in [-0.2, -0.15) is 0 Å². The Kier molecular flexibility index (Phi) is 15.8. The number of oxime groups is 1. The van der Waals surface area contributed by atoms with Gasteiger partial charge in [-0.05, 0) is 38.0 Å². The predicted octanol–water partition coefficient (Wildman–Crippen LogP) is 4.01. The van der Waals surface area contributed by atoms with E-state index in [1.54, 1.807) is 0 Å². The number of carbonyl (C=O) groups excluding carboxylic acids is 1. The number of rotatable bonds is 20.